The van der Waals surface area contributed by atoms with Crippen molar-refractivity contribution in [3.05, 3.63) is 35.3 Å². The average molecular weight is 420 g/mol. The van der Waals surface area contributed by atoms with Gasteiger partial charge >= 0.3 is 0 Å². The number of nitrogens with zero attached hydrogens (tertiary/aromatic N) is 3. The van der Waals surface area contributed by atoms with E-state index >= 15 is 0 Å². The lowest BCUT2D eigenvalue weighted by Gasteiger charge is -2.26. The minimum absolute atomic E-state index is 0.0214. The van der Waals surface area contributed by atoms with Crippen LogP contribution in [0, 0.1) is 5.82 Å². The highest BCUT2D eigenvalue weighted by molar-refractivity contribution is 7.91. The first-order valence-corrected chi connectivity index (χ1v) is 11.3. The first-order valence-electron chi connectivity index (χ1n) is 9.68. The van der Waals surface area contributed by atoms with Gasteiger partial charge in [0, 0.05) is 30.8 Å². The number of carbonyl (C=O) groups is 1. The molecule has 1 atom stereocenters. The number of rotatable bonds is 2. The van der Waals surface area contributed by atoms with Crippen molar-refractivity contribution in [2.45, 2.75) is 23.1 Å². The van der Waals surface area contributed by atoms with Crippen molar-refractivity contribution in [1.82, 2.24) is 20.0 Å². The van der Waals surface area contributed by atoms with Gasteiger partial charge in [-0.1, -0.05) is 12.1 Å². The van der Waals surface area contributed by atoms with E-state index in [0.717, 1.165) is 19.0 Å². The zero-order chi connectivity index (χ0) is 20.2. The maximum atomic E-state index is 14.5. The summed E-state index contributed by atoms with van der Waals surface area (Å²) in [5.41, 5.74) is 1.34. The Morgan fingerprint density at radius 1 is 1.28 bits per heavy atom. The van der Waals surface area contributed by atoms with Crippen LogP contribution in [-0.4, -0.2) is 68.4 Å². The van der Waals surface area contributed by atoms with E-state index in [1.165, 1.54) is 6.07 Å². The van der Waals surface area contributed by atoms with E-state index in [4.69, 9.17) is 4.74 Å². The first kappa shape index (κ1) is 18.7. The van der Waals surface area contributed by atoms with Crippen LogP contribution in [0.3, 0.4) is 0 Å². The molecule has 0 radical (unpaired) electrons. The summed E-state index contributed by atoms with van der Waals surface area (Å²) in [4.78, 5) is 14.5. The fourth-order valence-corrected chi connectivity index (χ4v) is 6.03. The molecule has 0 aliphatic carbocycles. The molecule has 0 spiro atoms. The predicted octanol–water partition coefficient (Wildman–Crippen LogP) is 0.983. The Morgan fingerprint density at radius 2 is 2.07 bits per heavy atom. The van der Waals surface area contributed by atoms with E-state index in [-0.39, 0.29) is 28.1 Å². The third-order valence-corrected chi connectivity index (χ3v) is 7.46. The van der Waals surface area contributed by atoms with Gasteiger partial charge in [-0.2, -0.15) is 5.10 Å². The lowest BCUT2D eigenvalue weighted by atomic mass is 10.0. The Kier molecular flexibility index (Phi) is 4.45. The summed E-state index contributed by atoms with van der Waals surface area (Å²) in [6.07, 6.45) is 0.802. The number of carbonyl (C=O) groups excluding carboxylic acids is 1. The summed E-state index contributed by atoms with van der Waals surface area (Å²) in [7, 11) is -3.92. The number of fused-ring (bicyclic) bond motifs is 3. The molecule has 1 aromatic carbocycles. The predicted molar refractivity (Wildman–Crippen MR) is 102 cm³/mol. The maximum Gasteiger partial charge on any atom is 0.274 e. The number of ether oxygens (including phenoxy) is 1. The van der Waals surface area contributed by atoms with E-state index in [1.54, 1.807) is 15.6 Å². The fourth-order valence-electron chi connectivity index (χ4n) is 4.37. The molecule has 4 heterocycles. The first-order chi connectivity index (χ1) is 14.0. The molecule has 2 saturated heterocycles. The summed E-state index contributed by atoms with van der Waals surface area (Å²) in [5, 5.41) is 7.87. The minimum atomic E-state index is -3.92. The van der Waals surface area contributed by atoms with Crippen LogP contribution in [0.25, 0.3) is 11.3 Å². The van der Waals surface area contributed by atoms with E-state index in [9.17, 15) is 17.6 Å². The van der Waals surface area contributed by atoms with E-state index < -0.39 is 21.4 Å². The second-order valence-corrected chi connectivity index (χ2v) is 9.47. The average Bonchev–Trinajstić information content (AvgIpc) is 3.35. The van der Waals surface area contributed by atoms with Gasteiger partial charge < -0.3 is 15.0 Å². The number of hydrogen-bond donors (Lipinski definition) is 1. The zero-order valence-electron chi connectivity index (χ0n) is 15.7. The van der Waals surface area contributed by atoms with Gasteiger partial charge in [0.15, 0.2) is 15.5 Å². The molecule has 8 nitrogen and oxygen atoms in total. The number of benzene rings is 1. The molecule has 3 aliphatic rings. The van der Waals surface area contributed by atoms with Gasteiger partial charge in [-0.3, -0.25) is 9.48 Å². The van der Waals surface area contributed by atoms with Gasteiger partial charge in [-0.05, 0) is 19.0 Å². The van der Waals surface area contributed by atoms with Crippen LogP contribution in [0.4, 0.5) is 4.39 Å². The van der Waals surface area contributed by atoms with Crippen LogP contribution >= 0.6 is 0 Å². The molecule has 154 valence electrons. The number of aromatic nitrogens is 2. The normalized spacial score (nSPS) is 22.9. The highest BCUT2D eigenvalue weighted by atomic mass is 32.2. The van der Waals surface area contributed by atoms with Gasteiger partial charge in [-0.25, -0.2) is 12.8 Å². The fraction of sp³-hybridized carbons (Fsp3) is 0.474. The molecule has 0 unspecified atom stereocenters. The Morgan fingerprint density at radius 3 is 2.79 bits per heavy atom. The van der Waals surface area contributed by atoms with Crippen LogP contribution < -0.4 is 5.32 Å². The summed E-state index contributed by atoms with van der Waals surface area (Å²) in [5.74, 6) is -1.50. The van der Waals surface area contributed by atoms with Crippen molar-refractivity contribution in [2.24, 2.45) is 0 Å². The van der Waals surface area contributed by atoms with Crippen molar-refractivity contribution >= 4 is 15.7 Å². The molecule has 1 N–H and O–H groups in total. The SMILES string of the molecule is O=C(c1nn([C@@H]2CCNC2)c2c1CS(=O)(=O)c1c(F)cccc1-2)N1CCOCC1. The van der Waals surface area contributed by atoms with Crippen LogP contribution in [0.1, 0.15) is 28.5 Å². The van der Waals surface area contributed by atoms with Crippen molar-refractivity contribution in [2.75, 3.05) is 39.4 Å². The number of halogens is 1. The molecule has 2 aromatic rings. The van der Waals surface area contributed by atoms with E-state index in [2.05, 4.69) is 10.4 Å². The molecule has 0 bridgehead atoms. The van der Waals surface area contributed by atoms with Gasteiger partial charge in [0.1, 0.15) is 10.7 Å². The number of nitrogens with one attached hydrogen (secondary N) is 1. The topological polar surface area (TPSA) is 93.5 Å². The molecule has 0 saturated carbocycles. The summed E-state index contributed by atoms with van der Waals surface area (Å²) >= 11 is 0. The molecule has 1 aromatic heterocycles. The summed E-state index contributed by atoms with van der Waals surface area (Å²) in [6, 6.07) is 4.22. The monoisotopic (exact) mass is 420 g/mol. The lowest BCUT2D eigenvalue weighted by Crippen LogP contribution is -2.41. The molecule has 1 amide bonds. The number of sulfone groups is 1. The molecule has 29 heavy (non-hydrogen) atoms. The summed E-state index contributed by atoms with van der Waals surface area (Å²) < 4.78 is 47.4. The van der Waals surface area contributed by atoms with Crippen LogP contribution in [0.2, 0.25) is 0 Å². The van der Waals surface area contributed by atoms with Crippen LogP contribution in [0.15, 0.2) is 23.1 Å². The lowest BCUT2D eigenvalue weighted by molar-refractivity contribution is 0.0297. The van der Waals surface area contributed by atoms with Crippen LogP contribution in [0.5, 0.6) is 0 Å². The number of hydrogen-bond acceptors (Lipinski definition) is 6. The Hall–Kier alpha value is -2.30. The van der Waals surface area contributed by atoms with Gasteiger partial charge in [0.05, 0.1) is 30.7 Å². The van der Waals surface area contributed by atoms with Gasteiger partial charge in [0.2, 0.25) is 0 Å². The summed E-state index contributed by atoms with van der Waals surface area (Å²) in [6.45, 7) is 3.21. The second-order valence-electron chi connectivity index (χ2n) is 7.55. The van der Waals surface area contributed by atoms with E-state index in [0.29, 0.717) is 44.1 Å². The van der Waals surface area contributed by atoms with Crippen molar-refractivity contribution in [1.29, 1.82) is 0 Å². The Labute approximate surface area is 167 Å². The molecule has 3 aliphatic heterocycles. The van der Waals surface area contributed by atoms with Gasteiger partial charge in [0.25, 0.3) is 5.91 Å². The Balaban J connectivity index is 1.72. The highest BCUT2D eigenvalue weighted by Gasteiger charge is 2.40. The quantitative estimate of drug-likeness (QED) is 0.779. The second kappa shape index (κ2) is 6.89. The molecular weight excluding hydrogens is 399 g/mol. The molecule has 2 fully saturated rings. The minimum Gasteiger partial charge on any atom is -0.378 e. The Bertz CT molecular complexity index is 1090. The smallest absolute Gasteiger partial charge is 0.274 e. The van der Waals surface area contributed by atoms with Crippen LogP contribution in [-0.2, 0) is 20.3 Å². The third kappa shape index (κ3) is 2.97. The van der Waals surface area contributed by atoms with E-state index in [1.807, 2.05) is 0 Å². The largest absolute Gasteiger partial charge is 0.378 e. The van der Waals surface area contributed by atoms with Crippen molar-refractivity contribution in [3.8, 4) is 11.3 Å². The molecular formula is C19H21FN4O4S. The molecule has 10 heteroatoms. The standard InChI is InChI=1S/C19H21FN4O4S/c20-15-3-1-2-13-17-14(11-29(26,27)18(13)15)16(19(25)23-6-8-28-9-7-23)22-24(17)12-4-5-21-10-12/h1-3,12,21H,4-11H2/t12-/m1/s1. The maximum absolute atomic E-state index is 14.5. The van der Waals surface area contributed by atoms with Gasteiger partial charge in [-0.15, -0.1) is 0 Å². The molecule has 5 rings (SSSR count). The number of morpholine rings is 1. The highest BCUT2D eigenvalue weighted by Crippen LogP contribution is 2.42. The van der Waals surface area contributed by atoms with Crippen molar-refractivity contribution < 1.29 is 22.3 Å². The zero-order valence-corrected chi connectivity index (χ0v) is 16.5. The third-order valence-electron chi connectivity index (χ3n) is 5.76. The number of amides is 1. The van der Waals surface area contributed by atoms with Crippen molar-refractivity contribution in [3.63, 3.8) is 0 Å².